The molecule has 1 aliphatic carbocycles. The van der Waals surface area contributed by atoms with Gasteiger partial charge >= 0.3 is 0 Å². The topological polar surface area (TPSA) is 66.4 Å². The summed E-state index contributed by atoms with van der Waals surface area (Å²) in [6.07, 6.45) is 5.62. The molecular weight excluding hydrogens is 370 g/mol. The van der Waals surface area contributed by atoms with Crippen molar-refractivity contribution in [3.63, 3.8) is 0 Å². The van der Waals surface area contributed by atoms with Crippen LogP contribution in [0.4, 0.5) is 0 Å². The number of benzene rings is 2. The van der Waals surface area contributed by atoms with Crippen LogP contribution in [0.3, 0.4) is 0 Å². The van der Waals surface area contributed by atoms with Crippen molar-refractivity contribution in [1.29, 1.82) is 0 Å². The van der Waals surface area contributed by atoms with Gasteiger partial charge in [-0.25, -0.2) is 0 Å². The number of nitrogens with one attached hydrogen (secondary N) is 1. The lowest BCUT2D eigenvalue weighted by Gasteiger charge is -2.43. The maximum absolute atomic E-state index is 9.19. The number of rotatable bonds is 3. The van der Waals surface area contributed by atoms with Gasteiger partial charge in [0.05, 0.1) is 6.26 Å². The monoisotopic (exact) mass is 403 g/mol. The molecule has 0 bridgehead atoms. The summed E-state index contributed by atoms with van der Waals surface area (Å²) < 4.78 is 25.9. The van der Waals surface area contributed by atoms with Crippen LogP contribution >= 0.6 is 0 Å². The highest BCUT2D eigenvalue weighted by Gasteiger charge is 2.38. The fourth-order valence-electron chi connectivity index (χ4n) is 4.13. The zero-order valence-corrected chi connectivity index (χ0v) is 18.2. The van der Waals surface area contributed by atoms with Gasteiger partial charge in [-0.05, 0) is 57.6 Å². The SMILES string of the molecule is CC(C)(C)NC1CCC(c2ccccc2)(c2ccccc2)CC1.CS(=O)(=O)O. The minimum Gasteiger partial charge on any atom is -0.309 e. The summed E-state index contributed by atoms with van der Waals surface area (Å²) in [6.45, 7) is 6.80. The van der Waals surface area contributed by atoms with Crippen molar-refractivity contribution in [3.8, 4) is 0 Å². The third-order valence-corrected chi connectivity index (χ3v) is 5.13. The molecule has 28 heavy (non-hydrogen) atoms. The lowest BCUT2D eigenvalue weighted by atomic mass is 9.64. The molecular formula is C23H33NO3S. The Balaban J connectivity index is 0.000000500. The summed E-state index contributed by atoms with van der Waals surface area (Å²) in [7, 11) is -3.67. The summed E-state index contributed by atoms with van der Waals surface area (Å²) in [4.78, 5) is 0. The van der Waals surface area contributed by atoms with Gasteiger partial charge in [0.1, 0.15) is 0 Å². The summed E-state index contributed by atoms with van der Waals surface area (Å²) in [6, 6.07) is 22.8. The predicted octanol–water partition coefficient (Wildman–Crippen LogP) is 4.81. The minimum absolute atomic E-state index is 0.179. The molecule has 154 valence electrons. The van der Waals surface area contributed by atoms with Gasteiger partial charge in [-0.15, -0.1) is 0 Å². The third-order valence-electron chi connectivity index (χ3n) is 5.13. The molecule has 0 radical (unpaired) electrons. The highest BCUT2D eigenvalue weighted by Crippen LogP contribution is 2.45. The Bertz CT molecular complexity index is 770. The fraction of sp³-hybridized carbons (Fsp3) is 0.478. The molecule has 0 aromatic heterocycles. The van der Waals surface area contributed by atoms with E-state index < -0.39 is 10.1 Å². The second kappa shape index (κ2) is 9.21. The molecule has 0 saturated heterocycles. The summed E-state index contributed by atoms with van der Waals surface area (Å²) >= 11 is 0. The Kier molecular flexibility index (Phi) is 7.43. The van der Waals surface area contributed by atoms with Crippen LogP contribution in [0.1, 0.15) is 57.6 Å². The van der Waals surface area contributed by atoms with Gasteiger partial charge in [0, 0.05) is 17.0 Å². The number of hydrogen-bond acceptors (Lipinski definition) is 3. The van der Waals surface area contributed by atoms with E-state index >= 15 is 0 Å². The van der Waals surface area contributed by atoms with Gasteiger partial charge in [-0.2, -0.15) is 8.42 Å². The quantitative estimate of drug-likeness (QED) is 0.722. The highest BCUT2D eigenvalue weighted by molar-refractivity contribution is 7.85. The first-order valence-electron chi connectivity index (χ1n) is 9.81. The first kappa shape index (κ1) is 22.6. The Morgan fingerprint density at radius 3 is 1.57 bits per heavy atom. The van der Waals surface area contributed by atoms with Crippen LogP contribution in [0.25, 0.3) is 0 Å². The van der Waals surface area contributed by atoms with Crippen LogP contribution in [0, 0.1) is 0 Å². The van der Waals surface area contributed by atoms with E-state index in [0.717, 1.165) is 0 Å². The zero-order valence-electron chi connectivity index (χ0n) is 17.4. The zero-order chi connectivity index (χ0) is 20.8. The molecule has 2 aromatic rings. The van der Waals surface area contributed by atoms with Gasteiger partial charge in [0.2, 0.25) is 0 Å². The molecule has 2 N–H and O–H groups in total. The summed E-state index contributed by atoms with van der Waals surface area (Å²) in [5.41, 5.74) is 3.32. The highest BCUT2D eigenvalue weighted by atomic mass is 32.2. The number of hydrogen-bond donors (Lipinski definition) is 2. The molecule has 2 aromatic carbocycles. The smallest absolute Gasteiger partial charge is 0.261 e. The summed E-state index contributed by atoms with van der Waals surface area (Å²) in [5, 5.41) is 3.80. The Labute approximate surface area is 170 Å². The minimum atomic E-state index is -3.67. The Hall–Kier alpha value is -1.69. The molecule has 1 fully saturated rings. The van der Waals surface area contributed by atoms with Crippen molar-refractivity contribution < 1.29 is 13.0 Å². The van der Waals surface area contributed by atoms with Crippen LogP contribution in [-0.2, 0) is 15.5 Å². The van der Waals surface area contributed by atoms with E-state index in [1.54, 1.807) is 0 Å². The second-order valence-corrected chi connectivity index (χ2v) is 10.2. The van der Waals surface area contributed by atoms with Gasteiger partial charge in [-0.1, -0.05) is 60.7 Å². The average molecular weight is 404 g/mol. The van der Waals surface area contributed by atoms with Crippen molar-refractivity contribution >= 4 is 10.1 Å². The van der Waals surface area contributed by atoms with Crippen molar-refractivity contribution in [2.75, 3.05) is 6.26 Å². The maximum atomic E-state index is 9.19. The van der Waals surface area contributed by atoms with E-state index in [4.69, 9.17) is 4.55 Å². The van der Waals surface area contributed by atoms with Gasteiger partial charge in [0.15, 0.2) is 0 Å². The normalized spacial score (nSPS) is 17.5. The largest absolute Gasteiger partial charge is 0.309 e. The van der Waals surface area contributed by atoms with Crippen LogP contribution in [0.15, 0.2) is 60.7 Å². The summed E-state index contributed by atoms with van der Waals surface area (Å²) in [5.74, 6) is 0. The molecule has 1 saturated carbocycles. The van der Waals surface area contributed by atoms with Gasteiger partial charge in [0.25, 0.3) is 10.1 Å². The third kappa shape index (κ3) is 7.04. The van der Waals surface area contributed by atoms with Crippen LogP contribution in [0.2, 0.25) is 0 Å². The lowest BCUT2D eigenvalue weighted by molar-refractivity contribution is 0.244. The van der Waals surface area contributed by atoms with E-state index in [1.165, 1.54) is 36.8 Å². The predicted molar refractivity (Wildman–Crippen MR) is 116 cm³/mol. The first-order valence-corrected chi connectivity index (χ1v) is 11.7. The Morgan fingerprint density at radius 1 is 0.893 bits per heavy atom. The van der Waals surface area contributed by atoms with Crippen molar-refractivity contribution in [2.45, 2.75) is 63.5 Å². The second-order valence-electron chi connectivity index (χ2n) is 8.72. The van der Waals surface area contributed by atoms with Gasteiger partial charge in [-0.3, -0.25) is 4.55 Å². The molecule has 0 unspecified atom stereocenters. The standard InChI is InChI=1S/C22H29N.CH4O3S/c1-21(2,3)23-20-14-16-22(17-15-20,18-10-6-4-7-11-18)19-12-8-5-9-13-19;1-5(2,3)4/h4-13,20,23H,14-17H2,1-3H3;1H3,(H,2,3,4). The van der Waals surface area contributed by atoms with E-state index in [2.05, 4.69) is 86.8 Å². The molecule has 0 amide bonds. The lowest BCUT2D eigenvalue weighted by Crippen LogP contribution is -2.47. The molecule has 0 aliphatic heterocycles. The molecule has 3 rings (SSSR count). The van der Waals surface area contributed by atoms with Crippen molar-refractivity contribution in [3.05, 3.63) is 71.8 Å². The van der Waals surface area contributed by atoms with E-state index in [1.807, 2.05) is 0 Å². The average Bonchev–Trinajstić information content (AvgIpc) is 2.61. The van der Waals surface area contributed by atoms with Crippen LogP contribution in [-0.4, -0.2) is 30.8 Å². The molecule has 0 atom stereocenters. The van der Waals surface area contributed by atoms with Crippen LogP contribution < -0.4 is 5.32 Å². The van der Waals surface area contributed by atoms with Crippen molar-refractivity contribution in [1.82, 2.24) is 5.32 Å². The molecule has 4 nitrogen and oxygen atoms in total. The first-order chi connectivity index (χ1) is 13.0. The van der Waals surface area contributed by atoms with Gasteiger partial charge < -0.3 is 5.32 Å². The maximum Gasteiger partial charge on any atom is 0.261 e. The van der Waals surface area contributed by atoms with E-state index in [-0.39, 0.29) is 11.0 Å². The van der Waals surface area contributed by atoms with E-state index in [0.29, 0.717) is 12.3 Å². The van der Waals surface area contributed by atoms with E-state index in [9.17, 15) is 8.42 Å². The molecule has 5 heteroatoms. The molecule has 0 spiro atoms. The van der Waals surface area contributed by atoms with Crippen molar-refractivity contribution in [2.24, 2.45) is 0 Å². The fourth-order valence-corrected chi connectivity index (χ4v) is 4.13. The molecule has 1 aliphatic rings. The van der Waals surface area contributed by atoms with Crippen LogP contribution in [0.5, 0.6) is 0 Å². The Morgan fingerprint density at radius 2 is 1.25 bits per heavy atom. The molecule has 0 heterocycles.